The van der Waals surface area contributed by atoms with Gasteiger partial charge in [-0.15, -0.1) is 6.42 Å². The zero-order chi connectivity index (χ0) is 14.7. The highest BCUT2D eigenvalue weighted by Crippen LogP contribution is 2.28. The van der Waals surface area contributed by atoms with Crippen molar-refractivity contribution < 1.29 is 5.11 Å². The van der Waals surface area contributed by atoms with E-state index in [1.807, 2.05) is 54.7 Å². The number of terminal acetylenes is 1. The first kappa shape index (κ1) is 13.5. The minimum absolute atomic E-state index is 0.495. The SMILES string of the molecule is C#CC(O)(CCc1c[nH]c2ccccc12)c1ccccc1. The summed E-state index contributed by atoms with van der Waals surface area (Å²) in [6.07, 6.45) is 8.79. The fourth-order valence-electron chi connectivity index (χ4n) is 2.67. The average molecular weight is 275 g/mol. The summed E-state index contributed by atoms with van der Waals surface area (Å²) in [5, 5.41) is 11.9. The molecule has 0 aliphatic carbocycles. The largest absolute Gasteiger partial charge is 0.373 e. The first-order chi connectivity index (χ1) is 10.2. The molecule has 2 N–H and O–H groups in total. The molecule has 2 heteroatoms. The Morgan fingerprint density at radius 3 is 2.52 bits per heavy atom. The van der Waals surface area contributed by atoms with E-state index in [-0.39, 0.29) is 0 Å². The van der Waals surface area contributed by atoms with E-state index < -0.39 is 5.60 Å². The van der Waals surface area contributed by atoms with Gasteiger partial charge in [0.1, 0.15) is 0 Å². The zero-order valence-electron chi connectivity index (χ0n) is 11.7. The van der Waals surface area contributed by atoms with Crippen LogP contribution in [-0.4, -0.2) is 10.1 Å². The Bertz CT molecular complexity index is 782. The van der Waals surface area contributed by atoms with Gasteiger partial charge < -0.3 is 10.1 Å². The topological polar surface area (TPSA) is 36.0 Å². The minimum atomic E-state index is -1.22. The van der Waals surface area contributed by atoms with Crippen molar-refractivity contribution in [3.63, 3.8) is 0 Å². The second kappa shape index (κ2) is 5.47. The lowest BCUT2D eigenvalue weighted by atomic mass is 9.88. The maximum absolute atomic E-state index is 10.7. The molecule has 1 heterocycles. The van der Waals surface area contributed by atoms with Crippen LogP contribution in [0, 0.1) is 12.3 Å². The van der Waals surface area contributed by atoms with Crippen LogP contribution in [0.2, 0.25) is 0 Å². The van der Waals surface area contributed by atoms with Crippen LogP contribution in [0.25, 0.3) is 10.9 Å². The predicted molar refractivity (Wildman–Crippen MR) is 85.8 cm³/mol. The third-order valence-corrected chi connectivity index (χ3v) is 3.92. The smallest absolute Gasteiger partial charge is 0.151 e. The van der Waals surface area contributed by atoms with E-state index in [0.29, 0.717) is 6.42 Å². The van der Waals surface area contributed by atoms with Crippen LogP contribution >= 0.6 is 0 Å². The standard InChI is InChI=1S/C19H17NO/c1-2-19(21,16-8-4-3-5-9-16)13-12-15-14-20-18-11-7-6-10-17(15)18/h1,3-11,14,20-21H,12-13H2. The summed E-state index contributed by atoms with van der Waals surface area (Å²) in [6, 6.07) is 17.6. The average Bonchev–Trinajstić information content (AvgIpc) is 2.97. The molecule has 0 spiro atoms. The highest BCUT2D eigenvalue weighted by Gasteiger charge is 2.26. The lowest BCUT2D eigenvalue weighted by molar-refractivity contribution is 0.0909. The van der Waals surface area contributed by atoms with Crippen molar-refractivity contribution in [3.05, 3.63) is 71.9 Å². The quantitative estimate of drug-likeness (QED) is 0.701. The number of hydrogen-bond donors (Lipinski definition) is 2. The molecule has 2 aromatic carbocycles. The molecule has 1 aromatic heterocycles. The van der Waals surface area contributed by atoms with Gasteiger partial charge in [-0.1, -0.05) is 54.5 Å². The van der Waals surface area contributed by atoms with Crippen molar-refractivity contribution >= 4 is 10.9 Å². The number of benzene rings is 2. The number of para-hydroxylation sites is 1. The minimum Gasteiger partial charge on any atom is -0.373 e. The van der Waals surface area contributed by atoms with E-state index in [1.54, 1.807) is 0 Å². The number of aromatic nitrogens is 1. The fraction of sp³-hybridized carbons (Fsp3) is 0.158. The number of H-pyrrole nitrogens is 1. The molecule has 2 nitrogen and oxygen atoms in total. The normalized spacial score (nSPS) is 13.7. The van der Waals surface area contributed by atoms with Crippen molar-refractivity contribution in [2.24, 2.45) is 0 Å². The summed E-state index contributed by atoms with van der Waals surface area (Å²) in [5.74, 6) is 2.55. The molecule has 0 bridgehead atoms. The maximum Gasteiger partial charge on any atom is 0.151 e. The van der Waals surface area contributed by atoms with Crippen LogP contribution in [0.5, 0.6) is 0 Å². The van der Waals surface area contributed by atoms with E-state index in [9.17, 15) is 5.11 Å². The van der Waals surface area contributed by atoms with Crippen molar-refractivity contribution in [2.45, 2.75) is 18.4 Å². The van der Waals surface area contributed by atoms with Crippen molar-refractivity contribution in [3.8, 4) is 12.3 Å². The molecule has 0 saturated carbocycles. The number of aryl methyl sites for hydroxylation is 1. The van der Waals surface area contributed by atoms with Crippen LogP contribution < -0.4 is 0 Å². The van der Waals surface area contributed by atoms with E-state index in [2.05, 4.69) is 17.0 Å². The number of aliphatic hydroxyl groups is 1. The second-order valence-corrected chi connectivity index (χ2v) is 5.23. The second-order valence-electron chi connectivity index (χ2n) is 5.23. The lowest BCUT2D eigenvalue weighted by Gasteiger charge is -2.22. The van der Waals surface area contributed by atoms with Crippen LogP contribution in [0.4, 0.5) is 0 Å². The van der Waals surface area contributed by atoms with E-state index in [1.165, 1.54) is 10.9 Å². The molecule has 0 amide bonds. The molecular weight excluding hydrogens is 258 g/mol. The number of rotatable bonds is 4. The Kier molecular flexibility index (Phi) is 3.51. The summed E-state index contributed by atoms with van der Waals surface area (Å²) in [5.41, 5.74) is 1.83. The molecule has 0 fully saturated rings. The first-order valence-corrected chi connectivity index (χ1v) is 7.03. The van der Waals surface area contributed by atoms with Gasteiger partial charge in [-0.05, 0) is 30.0 Å². The molecule has 3 rings (SSSR count). The molecule has 104 valence electrons. The predicted octanol–water partition coefficient (Wildman–Crippen LogP) is 3.62. The van der Waals surface area contributed by atoms with Gasteiger partial charge in [-0.3, -0.25) is 0 Å². The highest BCUT2D eigenvalue weighted by atomic mass is 16.3. The summed E-state index contributed by atoms with van der Waals surface area (Å²) in [4.78, 5) is 3.25. The monoisotopic (exact) mass is 275 g/mol. The van der Waals surface area contributed by atoms with Gasteiger partial charge >= 0.3 is 0 Å². The third-order valence-electron chi connectivity index (χ3n) is 3.92. The van der Waals surface area contributed by atoms with Crippen LogP contribution in [0.15, 0.2) is 60.8 Å². The Balaban J connectivity index is 1.85. The molecule has 21 heavy (non-hydrogen) atoms. The Morgan fingerprint density at radius 2 is 1.76 bits per heavy atom. The molecule has 0 aliphatic rings. The van der Waals surface area contributed by atoms with Gasteiger partial charge in [0.05, 0.1) is 0 Å². The molecule has 1 unspecified atom stereocenters. The van der Waals surface area contributed by atoms with Gasteiger partial charge in [-0.2, -0.15) is 0 Å². The van der Waals surface area contributed by atoms with Crippen LogP contribution in [-0.2, 0) is 12.0 Å². The van der Waals surface area contributed by atoms with Gasteiger partial charge in [-0.25, -0.2) is 0 Å². The number of fused-ring (bicyclic) bond motifs is 1. The lowest BCUT2D eigenvalue weighted by Crippen LogP contribution is -2.24. The maximum atomic E-state index is 10.7. The Hall–Kier alpha value is -2.50. The fourth-order valence-corrected chi connectivity index (χ4v) is 2.67. The van der Waals surface area contributed by atoms with Gasteiger partial charge in [0.15, 0.2) is 5.60 Å². The van der Waals surface area contributed by atoms with Crippen molar-refractivity contribution in [1.82, 2.24) is 4.98 Å². The molecule has 0 saturated heterocycles. The van der Waals surface area contributed by atoms with Gasteiger partial charge in [0.25, 0.3) is 0 Å². The summed E-state index contributed by atoms with van der Waals surface area (Å²) >= 11 is 0. The molecule has 3 aromatic rings. The first-order valence-electron chi connectivity index (χ1n) is 7.03. The summed E-state index contributed by atoms with van der Waals surface area (Å²) in [7, 11) is 0. The van der Waals surface area contributed by atoms with Crippen LogP contribution in [0.1, 0.15) is 17.5 Å². The van der Waals surface area contributed by atoms with Crippen molar-refractivity contribution in [2.75, 3.05) is 0 Å². The summed E-state index contributed by atoms with van der Waals surface area (Å²) < 4.78 is 0. The molecule has 0 aliphatic heterocycles. The van der Waals surface area contributed by atoms with Gasteiger partial charge in [0.2, 0.25) is 0 Å². The summed E-state index contributed by atoms with van der Waals surface area (Å²) in [6.45, 7) is 0. The number of hydrogen-bond acceptors (Lipinski definition) is 1. The van der Waals surface area contributed by atoms with Gasteiger partial charge in [0, 0.05) is 17.1 Å². The van der Waals surface area contributed by atoms with E-state index in [4.69, 9.17) is 6.42 Å². The molecular formula is C19H17NO. The highest BCUT2D eigenvalue weighted by molar-refractivity contribution is 5.83. The molecule has 0 radical (unpaired) electrons. The Morgan fingerprint density at radius 1 is 1.05 bits per heavy atom. The van der Waals surface area contributed by atoms with E-state index >= 15 is 0 Å². The number of aromatic amines is 1. The number of nitrogens with one attached hydrogen (secondary N) is 1. The Labute approximate surface area is 124 Å². The van der Waals surface area contributed by atoms with Crippen molar-refractivity contribution in [1.29, 1.82) is 0 Å². The zero-order valence-corrected chi connectivity index (χ0v) is 11.7. The molecule has 1 atom stereocenters. The third kappa shape index (κ3) is 2.56. The van der Waals surface area contributed by atoms with Crippen LogP contribution in [0.3, 0.4) is 0 Å². The van der Waals surface area contributed by atoms with E-state index in [0.717, 1.165) is 17.5 Å².